The van der Waals surface area contributed by atoms with Gasteiger partial charge in [-0.2, -0.15) is 23.4 Å². The molecule has 0 saturated carbocycles. The van der Waals surface area contributed by atoms with Crippen molar-refractivity contribution in [2.45, 2.75) is 6.18 Å². The van der Waals surface area contributed by atoms with Crippen molar-refractivity contribution in [3.63, 3.8) is 0 Å². The van der Waals surface area contributed by atoms with Gasteiger partial charge in [-0.1, -0.05) is 6.07 Å². The molecule has 0 radical (unpaired) electrons. The third-order valence-electron chi connectivity index (χ3n) is 3.73. The van der Waals surface area contributed by atoms with E-state index < -0.39 is 23.7 Å². The average molecular weight is 392 g/mol. The van der Waals surface area contributed by atoms with Crippen LogP contribution in [0.25, 0.3) is 0 Å². The molecule has 0 aliphatic heterocycles. The Hall–Kier alpha value is -3.63. The summed E-state index contributed by atoms with van der Waals surface area (Å²) in [6.07, 6.45) is -3.03. The van der Waals surface area contributed by atoms with Gasteiger partial charge in [-0.15, -0.1) is 0 Å². The summed E-state index contributed by atoms with van der Waals surface area (Å²) in [6.45, 7) is 0. The van der Waals surface area contributed by atoms with Crippen molar-refractivity contribution in [2.75, 3.05) is 10.6 Å². The average Bonchev–Trinajstić information content (AvgIpc) is 3.21. The van der Waals surface area contributed by atoms with Crippen molar-refractivity contribution >= 4 is 23.2 Å². The third-order valence-corrected chi connectivity index (χ3v) is 3.73. The number of rotatable bonds is 4. The molecule has 0 aliphatic carbocycles. The lowest BCUT2D eigenvalue weighted by molar-refractivity contribution is -0.141. The zero-order valence-corrected chi connectivity index (χ0v) is 14.8. The topological polar surface area (TPSA) is 93.8 Å². The number of carbonyl (C=O) groups excluding carboxylic acids is 2. The molecule has 0 fully saturated rings. The summed E-state index contributed by atoms with van der Waals surface area (Å²) in [5.41, 5.74) is -0.522. The molecule has 146 valence electrons. The fourth-order valence-electron chi connectivity index (χ4n) is 2.42. The van der Waals surface area contributed by atoms with Gasteiger partial charge in [0.2, 0.25) is 0 Å². The maximum absolute atomic E-state index is 12.7. The second kappa shape index (κ2) is 7.18. The molecule has 8 nitrogen and oxygen atoms in total. The van der Waals surface area contributed by atoms with E-state index in [1.54, 1.807) is 31.4 Å². The Labute approximate surface area is 157 Å². The molecule has 0 spiro atoms. The molecule has 2 aromatic heterocycles. The van der Waals surface area contributed by atoms with Crippen LogP contribution in [0.3, 0.4) is 0 Å². The highest BCUT2D eigenvalue weighted by atomic mass is 19.4. The SMILES string of the molecule is Cn1ccc(C(=O)Nc2cccc(NC(=O)c3cc(C(F)(F)F)nn3C)c2)n1. The summed E-state index contributed by atoms with van der Waals surface area (Å²) in [7, 11) is 2.92. The largest absolute Gasteiger partial charge is 0.435 e. The third kappa shape index (κ3) is 4.19. The standard InChI is InChI=1S/C17H15F3N6O2/c1-25-7-6-12(23-25)15(27)21-10-4-3-5-11(8-10)22-16(28)13-9-14(17(18,19)20)24-26(13)2/h3-9H,1-2H3,(H,21,27)(H,22,28). The van der Waals surface area contributed by atoms with Crippen LogP contribution in [0.2, 0.25) is 0 Å². The number of nitrogens with zero attached hydrogens (tertiary/aromatic N) is 4. The van der Waals surface area contributed by atoms with E-state index in [2.05, 4.69) is 20.8 Å². The minimum Gasteiger partial charge on any atom is -0.321 e. The first-order valence-electron chi connectivity index (χ1n) is 7.97. The fraction of sp³-hybridized carbons (Fsp3) is 0.176. The molecule has 2 heterocycles. The highest BCUT2D eigenvalue weighted by molar-refractivity contribution is 6.05. The predicted molar refractivity (Wildman–Crippen MR) is 93.8 cm³/mol. The summed E-state index contributed by atoms with van der Waals surface area (Å²) >= 11 is 0. The summed E-state index contributed by atoms with van der Waals surface area (Å²) in [4.78, 5) is 24.4. The van der Waals surface area contributed by atoms with E-state index in [1.165, 1.54) is 23.9 Å². The second-order valence-electron chi connectivity index (χ2n) is 5.90. The smallest absolute Gasteiger partial charge is 0.321 e. The van der Waals surface area contributed by atoms with Crippen molar-refractivity contribution < 1.29 is 22.8 Å². The number of hydrogen-bond acceptors (Lipinski definition) is 4. The number of aryl methyl sites for hydroxylation is 2. The van der Waals surface area contributed by atoms with Crippen molar-refractivity contribution in [3.8, 4) is 0 Å². The molecule has 28 heavy (non-hydrogen) atoms. The molecule has 0 aliphatic rings. The quantitative estimate of drug-likeness (QED) is 0.714. The number of nitrogens with one attached hydrogen (secondary N) is 2. The van der Waals surface area contributed by atoms with Crippen LogP contribution < -0.4 is 10.6 Å². The number of carbonyl (C=O) groups is 2. The summed E-state index contributed by atoms with van der Waals surface area (Å²) in [5, 5.41) is 12.4. The number of aromatic nitrogens is 4. The first-order chi connectivity index (χ1) is 13.1. The van der Waals surface area contributed by atoms with Gasteiger partial charge in [0, 0.05) is 37.7 Å². The molecule has 2 amide bonds. The van der Waals surface area contributed by atoms with Crippen LogP contribution in [-0.4, -0.2) is 31.4 Å². The van der Waals surface area contributed by atoms with Gasteiger partial charge in [-0.25, -0.2) is 0 Å². The molecular formula is C17H15F3N6O2. The summed E-state index contributed by atoms with van der Waals surface area (Å²) in [5.74, 6) is -1.20. The van der Waals surface area contributed by atoms with E-state index in [0.29, 0.717) is 17.4 Å². The van der Waals surface area contributed by atoms with Gasteiger partial charge < -0.3 is 10.6 Å². The number of alkyl halides is 3. The molecule has 0 saturated heterocycles. The maximum Gasteiger partial charge on any atom is 0.435 e. The van der Waals surface area contributed by atoms with Crippen LogP contribution in [0, 0.1) is 0 Å². The molecule has 3 rings (SSSR count). The number of amides is 2. The maximum atomic E-state index is 12.7. The van der Waals surface area contributed by atoms with Crippen LogP contribution >= 0.6 is 0 Å². The highest BCUT2D eigenvalue weighted by Crippen LogP contribution is 2.28. The Balaban J connectivity index is 1.73. The second-order valence-corrected chi connectivity index (χ2v) is 5.90. The van der Waals surface area contributed by atoms with Gasteiger partial charge in [-0.3, -0.25) is 19.0 Å². The van der Waals surface area contributed by atoms with E-state index in [-0.39, 0.29) is 11.4 Å². The molecule has 0 unspecified atom stereocenters. The van der Waals surface area contributed by atoms with Gasteiger partial charge in [0.05, 0.1) is 0 Å². The van der Waals surface area contributed by atoms with Crippen LogP contribution in [-0.2, 0) is 20.3 Å². The number of halogens is 3. The van der Waals surface area contributed by atoms with Crippen molar-refractivity contribution in [1.82, 2.24) is 19.6 Å². The van der Waals surface area contributed by atoms with Crippen molar-refractivity contribution in [2.24, 2.45) is 14.1 Å². The normalized spacial score (nSPS) is 11.3. The molecular weight excluding hydrogens is 377 g/mol. The van der Waals surface area contributed by atoms with E-state index >= 15 is 0 Å². The highest BCUT2D eigenvalue weighted by Gasteiger charge is 2.35. The Morgan fingerprint density at radius 3 is 2.14 bits per heavy atom. The molecule has 2 N–H and O–H groups in total. The first kappa shape index (κ1) is 19.1. The molecule has 1 aromatic carbocycles. The Morgan fingerprint density at radius 1 is 0.964 bits per heavy atom. The van der Waals surface area contributed by atoms with Gasteiger partial charge in [0.25, 0.3) is 11.8 Å². The molecule has 3 aromatic rings. The first-order valence-corrected chi connectivity index (χ1v) is 7.97. The van der Waals surface area contributed by atoms with Crippen LogP contribution in [0.1, 0.15) is 26.7 Å². The van der Waals surface area contributed by atoms with Gasteiger partial charge >= 0.3 is 6.18 Å². The molecule has 0 atom stereocenters. The number of hydrogen-bond donors (Lipinski definition) is 2. The summed E-state index contributed by atoms with van der Waals surface area (Å²) in [6, 6.07) is 8.40. The Morgan fingerprint density at radius 2 is 1.61 bits per heavy atom. The molecule has 0 bridgehead atoms. The predicted octanol–water partition coefficient (Wildman–Crippen LogP) is 2.68. The zero-order chi connectivity index (χ0) is 20.5. The number of benzene rings is 1. The lowest BCUT2D eigenvalue weighted by Gasteiger charge is -2.08. The van der Waals surface area contributed by atoms with E-state index in [4.69, 9.17) is 0 Å². The monoisotopic (exact) mass is 392 g/mol. The zero-order valence-electron chi connectivity index (χ0n) is 14.8. The van der Waals surface area contributed by atoms with Crippen molar-refractivity contribution in [3.05, 3.63) is 59.7 Å². The lowest BCUT2D eigenvalue weighted by atomic mass is 10.2. The van der Waals surface area contributed by atoms with Crippen LogP contribution in [0.15, 0.2) is 42.6 Å². The minimum absolute atomic E-state index is 0.214. The lowest BCUT2D eigenvalue weighted by Crippen LogP contribution is -2.16. The Bertz CT molecular complexity index is 1040. The van der Waals surface area contributed by atoms with Crippen LogP contribution in [0.4, 0.5) is 24.5 Å². The van der Waals surface area contributed by atoms with Gasteiger partial charge in [0.1, 0.15) is 5.69 Å². The Kier molecular flexibility index (Phi) is 4.91. The van der Waals surface area contributed by atoms with Crippen molar-refractivity contribution in [1.29, 1.82) is 0 Å². The fourth-order valence-corrected chi connectivity index (χ4v) is 2.42. The van der Waals surface area contributed by atoms with E-state index in [0.717, 1.165) is 4.68 Å². The number of anilines is 2. The van der Waals surface area contributed by atoms with Gasteiger partial charge in [-0.05, 0) is 24.3 Å². The van der Waals surface area contributed by atoms with E-state index in [9.17, 15) is 22.8 Å². The van der Waals surface area contributed by atoms with Gasteiger partial charge in [0.15, 0.2) is 11.4 Å². The van der Waals surface area contributed by atoms with E-state index in [1.807, 2.05) is 0 Å². The van der Waals surface area contributed by atoms with Crippen LogP contribution in [0.5, 0.6) is 0 Å². The minimum atomic E-state index is -4.65. The summed E-state index contributed by atoms with van der Waals surface area (Å²) < 4.78 is 40.5. The molecule has 11 heteroatoms.